The molecule has 4 bridgehead atoms. The molecule has 0 aromatic heterocycles. The van der Waals surface area contributed by atoms with E-state index >= 15 is 0 Å². The van der Waals surface area contributed by atoms with Crippen LogP contribution < -0.4 is 0 Å². The van der Waals surface area contributed by atoms with Crippen LogP contribution in [0.1, 0.15) is 84.5 Å². The maximum atomic E-state index is 2.54. The highest BCUT2D eigenvalue weighted by atomic mass is 14.4. The van der Waals surface area contributed by atoms with Gasteiger partial charge in [0.05, 0.1) is 0 Å². The van der Waals surface area contributed by atoms with Gasteiger partial charge in [-0.15, -0.1) is 0 Å². The van der Waals surface area contributed by atoms with Crippen LogP contribution in [0.25, 0.3) is 66.1 Å². The van der Waals surface area contributed by atoms with Crippen LogP contribution in [-0.4, -0.2) is 0 Å². The lowest BCUT2D eigenvalue weighted by atomic mass is 9.81. The Balaban J connectivity index is 1.23. The Hall–Kier alpha value is -4.94. The molecule has 4 aliphatic rings. The van der Waals surface area contributed by atoms with Crippen LogP contribution in [0.2, 0.25) is 0 Å². The van der Waals surface area contributed by atoms with E-state index in [-0.39, 0.29) is 0 Å². The van der Waals surface area contributed by atoms with Crippen molar-refractivity contribution in [1.82, 2.24) is 0 Å². The van der Waals surface area contributed by atoms with Crippen molar-refractivity contribution in [2.24, 2.45) is 0 Å². The Bertz CT molecular complexity index is 2240. The quantitative estimate of drug-likeness (QED) is 0.173. The summed E-state index contributed by atoms with van der Waals surface area (Å²) in [5.41, 5.74) is 17.4. The molecule has 2 saturated carbocycles. The number of hydrogen-bond acceptors (Lipinski definition) is 0. The van der Waals surface area contributed by atoms with Crippen LogP contribution >= 0.6 is 0 Å². The van der Waals surface area contributed by atoms with Gasteiger partial charge in [0.15, 0.2) is 0 Å². The van der Waals surface area contributed by atoms with Gasteiger partial charge in [-0.3, -0.25) is 0 Å². The Kier molecular flexibility index (Phi) is 5.79. The van der Waals surface area contributed by atoms with E-state index in [4.69, 9.17) is 0 Å². The lowest BCUT2D eigenvalue weighted by Crippen LogP contribution is -2.00. The SMILES string of the molecule is c1ccc(-c2c(-c3ccccc3)c3ccc(-c4cccc5c4C4CCC5C4)cc3c3cc(-c4cccc5c4C4CCC5C4)ccc23)cc1. The summed E-state index contributed by atoms with van der Waals surface area (Å²) in [6, 6.07) is 51.2. The highest BCUT2D eigenvalue weighted by Crippen LogP contribution is 2.57. The van der Waals surface area contributed by atoms with Gasteiger partial charge in [-0.25, -0.2) is 0 Å². The zero-order valence-corrected chi connectivity index (χ0v) is 27.3. The second-order valence-corrected chi connectivity index (χ2v) is 15.0. The Morgan fingerprint density at radius 2 is 0.771 bits per heavy atom. The third-order valence-corrected chi connectivity index (χ3v) is 12.7. The van der Waals surface area contributed by atoms with E-state index in [9.17, 15) is 0 Å². The first-order valence-corrected chi connectivity index (χ1v) is 18.2. The lowest BCUT2D eigenvalue weighted by Gasteiger charge is -2.22. The molecule has 0 radical (unpaired) electrons. The third kappa shape index (κ3) is 3.84. The monoisotopic (exact) mass is 614 g/mol. The van der Waals surface area contributed by atoms with Crippen molar-refractivity contribution in [2.45, 2.75) is 62.2 Å². The maximum Gasteiger partial charge on any atom is -0.00203 e. The van der Waals surface area contributed by atoms with Gasteiger partial charge in [0.25, 0.3) is 0 Å². The molecule has 0 heteroatoms. The van der Waals surface area contributed by atoms with Crippen LogP contribution in [0.4, 0.5) is 0 Å². The highest BCUT2D eigenvalue weighted by Gasteiger charge is 2.39. The van der Waals surface area contributed by atoms with E-state index in [0.29, 0.717) is 0 Å². The Morgan fingerprint density at radius 3 is 1.23 bits per heavy atom. The molecular weight excluding hydrogens is 577 g/mol. The van der Waals surface area contributed by atoms with Gasteiger partial charge in [-0.2, -0.15) is 0 Å². The van der Waals surface area contributed by atoms with Crippen LogP contribution in [0.5, 0.6) is 0 Å². The fourth-order valence-electron chi connectivity index (χ4n) is 10.7. The molecule has 48 heavy (non-hydrogen) atoms. The van der Waals surface area contributed by atoms with Gasteiger partial charge in [0.2, 0.25) is 0 Å². The molecule has 7 aromatic carbocycles. The molecular formula is C48H38. The third-order valence-electron chi connectivity index (χ3n) is 12.7. The topological polar surface area (TPSA) is 0 Å². The van der Waals surface area contributed by atoms with Crippen molar-refractivity contribution in [2.75, 3.05) is 0 Å². The molecule has 0 spiro atoms. The van der Waals surface area contributed by atoms with E-state index in [1.54, 1.807) is 22.3 Å². The standard InChI is InChI=1S/C48H38/c1-3-9-29(10-4-1)47-41-23-21-33(39-15-7-13-37-31-17-19-35(25-31)45(37)39)27-43(41)44-28-34(22-24-42(44)48(47)30-11-5-2-6-12-30)40-16-8-14-38-32-18-20-36(26-32)46(38)40/h1-16,21-24,27-28,31-32,35-36H,17-20,25-26H2. The molecule has 0 nitrogen and oxygen atoms in total. The molecule has 0 N–H and O–H groups in total. The predicted octanol–water partition coefficient (Wildman–Crippen LogP) is 13.4. The van der Waals surface area contributed by atoms with Gasteiger partial charge < -0.3 is 0 Å². The summed E-state index contributed by atoms with van der Waals surface area (Å²) in [6.07, 6.45) is 8.09. The second-order valence-electron chi connectivity index (χ2n) is 15.0. The molecule has 4 aliphatic carbocycles. The number of fused-ring (bicyclic) bond motifs is 13. The molecule has 0 amide bonds. The molecule has 11 rings (SSSR count). The smallest absolute Gasteiger partial charge is 0.00203 e. The molecule has 7 aromatic rings. The van der Waals surface area contributed by atoms with Crippen molar-refractivity contribution in [1.29, 1.82) is 0 Å². The van der Waals surface area contributed by atoms with E-state index in [0.717, 1.165) is 23.7 Å². The van der Waals surface area contributed by atoms with Gasteiger partial charge in [0, 0.05) is 0 Å². The van der Waals surface area contributed by atoms with Gasteiger partial charge in [0.1, 0.15) is 0 Å². The van der Waals surface area contributed by atoms with Crippen molar-refractivity contribution < 1.29 is 0 Å². The Morgan fingerprint density at radius 1 is 0.333 bits per heavy atom. The average Bonchev–Trinajstić information content (AvgIpc) is 3.98. The van der Waals surface area contributed by atoms with Gasteiger partial charge >= 0.3 is 0 Å². The minimum absolute atomic E-state index is 0.719. The molecule has 230 valence electrons. The van der Waals surface area contributed by atoms with Crippen molar-refractivity contribution in [3.63, 3.8) is 0 Å². The first kappa shape index (κ1) is 27.1. The summed E-state index contributed by atoms with van der Waals surface area (Å²) >= 11 is 0. The maximum absolute atomic E-state index is 2.54. The average molecular weight is 615 g/mol. The first-order valence-electron chi connectivity index (χ1n) is 18.2. The van der Waals surface area contributed by atoms with Crippen LogP contribution in [-0.2, 0) is 0 Å². The normalized spacial score (nSPS) is 21.7. The summed E-state index contributed by atoms with van der Waals surface area (Å²) in [7, 11) is 0. The molecule has 2 fully saturated rings. The van der Waals surface area contributed by atoms with Gasteiger partial charge in [-0.05, 0) is 163 Å². The number of hydrogen-bond donors (Lipinski definition) is 0. The fraction of sp³-hybridized carbons (Fsp3) is 0.208. The minimum Gasteiger partial charge on any atom is -0.0622 e. The fourth-order valence-corrected chi connectivity index (χ4v) is 10.7. The molecule has 4 atom stereocenters. The second kappa shape index (κ2) is 10.3. The molecule has 4 unspecified atom stereocenters. The zero-order chi connectivity index (χ0) is 31.3. The van der Waals surface area contributed by atoms with Gasteiger partial charge in [-0.1, -0.05) is 121 Å². The van der Waals surface area contributed by atoms with E-state index in [1.165, 1.54) is 105 Å². The number of benzene rings is 7. The largest absolute Gasteiger partial charge is 0.0622 e. The van der Waals surface area contributed by atoms with Crippen LogP contribution in [0.15, 0.2) is 133 Å². The molecule has 0 heterocycles. The number of rotatable bonds is 4. The summed E-state index contributed by atoms with van der Waals surface area (Å²) in [4.78, 5) is 0. The van der Waals surface area contributed by atoms with Crippen molar-refractivity contribution >= 4 is 21.5 Å². The summed E-state index contributed by atoms with van der Waals surface area (Å²) < 4.78 is 0. The van der Waals surface area contributed by atoms with E-state index in [2.05, 4.69) is 133 Å². The predicted molar refractivity (Wildman–Crippen MR) is 202 cm³/mol. The summed E-state index contributed by atoms with van der Waals surface area (Å²) in [6.45, 7) is 0. The molecule has 0 aliphatic heterocycles. The lowest BCUT2D eigenvalue weighted by molar-refractivity contribution is 0.719. The zero-order valence-electron chi connectivity index (χ0n) is 27.3. The highest BCUT2D eigenvalue weighted by molar-refractivity contribution is 6.22. The summed E-state index contributed by atoms with van der Waals surface area (Å²) in [5, 5.41) is 5.38. The molecule has 0 saturated heterocycles. The van der Waals surface area contributed by atoms with Crippen molar-refractivity contribution in [3.8, 4) is 44.5 Å². The van der Waals surface area contributed by atoms with Crippen molar-refractivity contribution in [3.05, 3.63) is 156 Å². The van der Waals surface area contributed by atoms with E-state index < -0.39 is 0 Å². The van der Waals surface area contributed by atoms with Crippen LogP contribution in [0, 0.1) is 0 Å². The minimum atomic E-state index is 0.719. The first-order chi connectivity index (χ1) is 23.8. The van der Waals surface area contributed by atoms with E-state index in [1.807, 2.05) is 0 Å². The Labute approximate surface area is 283 Å². The summed E-state index contributed by atoms with van der Waals surface area (Å²) in [5.74, 6) is 2.96. The van der Waals surface area contributed by atoms with Crippen LogP contribution in [0.3, 0.4) is 0 Å².